The minimum atomic E-state index is -0.777. The van der Waals surface area contributed by atoms with E-state index in [1.807, 2.05) is 24.4 Å². The quantitative estimate of drug-likeness (QED) is 0.703. The molecule has 3 N–H and O–H groups in total. The van der Waals surface area contributed by atoms with E-state index >= 15 is 0 Å². The van der Waals surface area contributed by atoms with Gasteiger partial charge in [0.25, 0.3) is 5.91 Å². The first-order valence-corrected chi connectivity index (χ1v) is 7.40. The minimum absolute atomic E-state index is 0.0221. The number of aromatic nitrogens is 1. The third-order valence-corrected chi connectivity index (χ3v) is 4.87. The monoisotopic (exact) mass is 283 g/mol. The van der Waals surface area contributed by atoms with Gasteiger partial charge in [-0.15, -0.1) is 0 Å². The first-order valence-electron chi connectivity index (χ1n) is 7.40. The lowest BCUT2D eigenvalue weighted by Gasteiger charge is -2.38. The molecule has 2 unspecified atom stereocenters. The average Bonchev–Trinajstić information content (AvgIpc) is 3.02. The minimum Gasteiger partial charge on any atom is -0.361 e. The number of aromatic amines is 1. The normalized spacial score (nSPS) is 28.9. The van der Waals surface area contributed by atoms with Gasteiger partial charge in [0.2, 0.25) is 0 Å². The zero-order valence-corrected chi connectivity index (χ0v) is 11.6. The van der Waals surface area contributed by atoms with Crippen LogP contribution in [0.4, 0.5) is 4.79 Å². The van der Waals surface area contributed by atoms with Crippen LogP contribution in [0.25, 0.3) is 10.9 Å². The molecular weight excluding hydrogens is 266 g/mol. The first kappa shape index (κ1) is 12.4. The molecule has 2 atom stereocenters. The summed E-state index contributed by atoms with van der Waals surface area (Å²) < 4.78 is 0. The molecule has 2 aliphatic rings. The van der Waals surface area contributed by atoms with Crippen LogP contribution in [0.2, 0.25) is 0 Å². The molecule has 21 heavy (non-hydrogen) atoms. The lowest BCUT2D eigenvalue weighted by molar-refractivity contribution is -0.125. The number of H-pyrrole nitrogens is 1. The van der Waals surface area contributed by atoms with Gasteiger partial charge >= 0.3 is 6.03 Å². The molecule has 5 heteroatoms. The Balaban J connectivity index is 1.85. The number of fused-ring (bicyclic) bond motifs is 1. The molecule has 1 saturated heterocycles. The van der Waals surface area contributed by atoms with Gasteiger partial charge < -0.3 is 10.3 Å². The lowest BCUT2D eigenvalue weighted by Crippen LogP contribution is -2.53. The summed E-state index contributed by atoms with van der Waals surface area (Å²) in [6, 6.07) is 7.72. The van der Waals surface area contributed by atoms with E-state index in [-0.39, 0.29) is 17.9 Å². The van der Waals surface area contributed by atoms with Gasteiger partial charge in [-0.1, -0.05) is 31.0 Å². The van der Waals surface area contributed by atoms with Gasteiger partial charge in [-0.25, -0.2) is 4.79 Å². The van der Waals surface area contributed by atoms with Crippen LogP contribution in [0, 0.1) is 0 Å². The Kier molecular flexibility index (Phi) is 2.58. The van der Waals surface area contributed by atoms with E-state index in [0.29, 0.717) is 6.42 Å². The van der Waals surface area contributed by atoms with Crippen molar-refractivity contribution in [2.45, 2.75) is 37.1 Å². The maximum absolute atomic E-state index is 12.4. The summed E-state index contributed by atoms with van der Waals surface area (Å²) in [5.41, 5.74) is 1.42. The van der Waals surface area contributed by atoms with Gasteiger partial charge in [-0.2, -0.15) is 0 Å². The fourth-order valence-electron chi connectivity index (χ4n) is 3.90. The highest BCUT2D eigenvalue weighted by molar-refractivity contribution is 6.08. The van der Waals surface area contributed by atoms with Crippen molar-refractivity contribution in [2.75, 3.05) is 0 Å². The lowest BCUT2D eigenvalue weighted by atomic mass is 9.69. The molecule has 3 amide bonds. The van der Waals surface area contributed by atoms with Crippen molar-refractivity contribution < 1.29 is 9.59 Å². The molecule has 4 rings (SSSR count). The number of carbonyl (C=O) groups excluding carboxylic acids is 2. The summed E-state index contributed by atoms with van der Waals surface area (Å²) in [4.78, 5) is 27.3. The molecule has 1 aliphatic heterocycles. The van der Waals surface area contributed by atoms with E-state index in [2.05, 4.69) is 21.7 Å². The zero-order valence-electron chi connectivity index (χ0n) is 11.6. The fraction of sp³-hybridized carbons (Fsp3) is 0.375. The van der Waals surface area contributed by atoms with E-state index in [1.165, 1.54) is 0 Å². The van der Waals surface area contributed by atoms with E-state index in [1.54, 1.807) is 0 Å². The van der Waals surface area contributed by atoms with E-state index in [0.717, 1.165) is 35.7 Å². The molecule has 5 nitrogen and oxygen atoms in total. The van der Waals surface area contributed by atoms with Crippen LogP contribution in [0.15, 0.2) is 30.5 Å². The van der Waals surface area contributed by atoms with E-state index in [9.17, 15) is 9.59 Å². The topological polar surface area (TPSA) is 74.0 Å². The van der Waals surface area contributed by atoms with Crippen molar-refractivity contribution in [1.82, 2.24) is 15.6 Å². The smallest absolute Gasteiger partial charge is 0.322 e. The van der Waals surface area contributed by atoms with Crippen LogP contribution in [-0.4, -0.2) is 22.5 Å². The van der Waals surface area contributed by atoms with Crippen LogP contribution in [0.1, 0.15) is 37.2 Å². The van der Waals surface area contributed by atoms with Crippen molar-refractivity contribution in [2.24, 2.45) is 0 Å². The molecule has 0 radical (unpaired) electrons. The first-order chi connectivity index (χ1) is 10.2. The number of hydrogen-bond donors (Lipinski definition) is 3. The number of carbonyl (C=O) groups is 2. The highest BCUT2D eigenvalue weighted by atomic mass is 16.2. The Bertz CT molecular complexity index is 736. The molecule has 1 aromatic heterocycles. The third kappa shape index (κ3) is 1.70. The Morgan fingerprint density at radius 1 is 1.14 bits per heavy atom. The molecule has 2 fully saturated rings. The molecule has 1 aromatic carbocycles. The van der Waals surface area contributed by atoms with Crippen LogP contribution in [0.3, 0.4) is 0 Å². The molecular formula is C16H17N3O2. The highest BCUT2D eigenvalue weighted by Gasteiger charge is 2.53. The number of urea groups is 1. The van der Waals surface area contributed by atoms with Gasteiger partial charge in [0.15, 0.2) is 0 Å². The number of amides is 3. The number of benzene rings is 1. The Morgan fingerprint density at radius 2 is 2.00 bits per heavy atom. The summed E-state index contributed by atoms with van der Waals surface area (Å²) >= 11 is 0. The highest BCUT2D eigenvalue weighted by Crippen LogP contribution is 2.44. The molecule has 1 spiro atoms. The van der Waals surface area contributed by atoms with E-state index in [4.69, 9.17) is 0 Å². The molecule has 2 heterocycles. The number of imide groups is 1. The van der Waals surface area contributed by atoms with Crippen molar-refractivity contribution in [3.63, 3.8) is 0 Å². The van der Waals surface area contributed by atoms with Crippen LogP contribution in [0.5, 0.6) is 0 Å². The Labute approximate surface area is 122 Å². The predicted octanol–water partition coefficient (Wildman–Crippen LogP) is 2.40. The third-order valence-electron chi connectivity index (χ3n) is 4.87. The van der Waals surface area contributed by atoms with Gasteiger partial charge in [0.1, 0.15) is 5.54 Å². The predicted molar refractivity (Wildman–Crippen MR) is 78.9 cm³/mol. The van der Waals surface area contributed by atoms with Crippen LogP contribution >= 0.6 is 0 Å². The average molecular weight is 283 g/mol. The Morgan fingerprint density at radius 3 is 2.81 bits per heavy atom. The number of rotatable bonds is 1. The zero-order chi connectivity index (χ0) is 14.4. The fourth-order valence-corrected chi connectivity index (χ4v) is 3.90. The van der Waals surface area contributed by atoms with Crippen molar-refractivity contribution in [3.8, 4) is 0 Å². The van der Waals surface area contributed by atoms with Crippen molar-refractivity contribution >= 4 is 22.8 Å². The second-order valence-corrected chi connectivity index (χ2v) is 5.97. The largest absolute Gasteiger partial charge is 0.361 e. The van der Waals surface area contributed by atoms with E-state index < -0.39 is 5.54 Å². The van der Waals surface area contributed by atoms with Crippen LogP contribution in [-0.2, 0) is 4.79 Å². The number of hydrogen-bond acceptors (Lipinski definition) is 2. The van der Waals surface area contributed by atoms with Gasteiger partial charge in [-0.05, 0) is 24.5 Å². The molecule has 0 bridgehead atoms. The Hall–Kier alpha value is -2.30. The molecule has 1 aliphatic carbocycles. The van der Waals surface area contributed by atoms with Gasteiger partial charge in [0, 0.05) is 23.0 Å². The number of para-hydroxylation sites is 1. The summed E-state index contributed by atoms with van der Waals surface area (Å²) in [5, 5.41) is 6.46. The molecule has 2 aromatic rings. The van der Waals surface area contributed by atoms with Crippen LogP contribution < -0.4 is 10.6 Å². The maximum atomic E-state index is 12.4. The maximum Gasteiger partial charge on any atom is 0.322 e. The van der Waals surface area contributed by atoms with Crippen molar-refractivity contribution in [3.05, 3.63) is 36.0 Å². The standard InChI is InChI=1S/C16H17N3O2/c20-14-16(19-15(21)18-14)8-4-3-6-12(16)11-9-17-13-7-2-1-5-10(11)13/h1-2,5,7,9,12,17H,3-4,6,8H2,(H2,18,19,20,21). The SMILES string of the molecule is O=C1NC(=O)C2(CCCCC2c2c[nH]c3ccccc23)N1. The van der Waals surface area contributed by atoms with Gasteiger partial charge in [0.05, 0.1) is 0 Å². The summed E-state index contributed by atoms with van der Waals surface area (Å²) in [6.07, 6.45) is 5.64. The summed E-state index contributed by atoms with van der Waals surface area (Å²) in [6.45, 7) is 0. The van der Waals surface area contributed by atoms with Gasteiger partial charge in [-0.3, -0.25) is 10.1 Å². The summed E-state index contributed by atoms with van der Waals surface area (Å²) in [7, 11) is 0. The summed E-state index contributed by atoms with van der Waals surface area (Å²) in [5.74, 6) is -0.156. The number of nitrogens with one attached hydrogen (secondary N) is 3. The van der Waals surface area contributed by atoms with Crippen molar-refractivity contribution in [1.29, 1.82) is 0 Å². The second kappa shape index (κ2) is 4.35. The molecule has 1 saturated carbocycles. The molecule has 108 valence electrons. The second-order valence-electron chi connectivity index (χ2n) is 5.97.